The molecule has 0 aliphatic heterocycles. The standard InChI is InChI=1S/C19H24N2O4S/c1-3-4-5-6-15-7-11-17(12-8-15)20-19(22)16-9-13-18(14-10-16)26(23,24)21-25-2/h7-14,21H,3-6H2,1-2H3,(H,20,22). The average molecular weight is 376 g/mol. The van der Waals surface area contributed by atoms with Crippen LogP contribution in [0.15, 0.2) is 53.4 Å². The molecule has 2 N–H and O–H groups in total. The molecule has 0 aliphatic carbocycles. The first-order chi connectivity index (χ1) is 12.5. The maximum absolute atomic E-state index is 12.3. The Morgan fingerprint density at radius 3 is 2.23 bits per heavy atom. The summed E-state index contributed by atoms with van der Waals surface area (Å²) in [5.74, 6) is -0.299. The van der Waals surface area contributed by atoms with E-state index < -0.39 is 10.0 Å². The molecule has 6 nitrogen and oxygen atoms in total. The average Bonchev–Trinajstić information content (AvgIpc) is 2.63. The van der Waals surface area contributed by atoms with Crippen molar-refractivity contribution in [2.24, 2.45) is 0 Å². The summed E-state index contributed by atoms with van der Waals surface area (Å²) in [6.45, 7) is 2.18. The molecular formula is C19H24N2O4S. The molecule has 0 aromatic heterocycles. The smallest absolute Gasteiger partial charge is 0.262 e. The third-order valence-corrected chi connectivity index (χ3v) is 5.18. The number of carbonyl (C=O) groups excluding carboxylic acids is 1. The van der Waals surface area contributed by atoms with Crippen LogP contribution in [0.5, 0.6) is 0 Å². The number of aryl methyl sites for hydroxylation is 1. The predicted molar refractivity (Wildman–Crippen MR) is 101 cm³/mol. The fourth-order valence-corrected chi connectivity index (χ4v) is 3.29. The van der Waals surface area contributed by atoms with Crippen LogP contribution in [0.2, 0.25) is 0 Å². The minimum Gasteiger partial charge on any atom is -0.322 e. The Bertz CT molecular complexity index is 816. The van der Waals surface area contributed by atoms with Gasteiger partial charge in [0.1, 0.15) is 0 Å². The fourth-order valence-electron chi connectivity index (χ4n) is 2.48. The predicted octanol–water partition coefficient (Wildman–Crippen LogP) is 3.51. The molecule has 0 radical (unpaired) electrons. The lowest BCUT2D eigenvalue weighted by Gasteiger charge is -2.08. The van der Waals surface area contributed by atoms with Gasteiger partial charge in [-0.05, 0) is 54.8 Å². The van der Waals surface area contributed by atoms with E-state index in [1.807, 2.05) is 29.2 Å². The number of rotatable bonds is 9. The summed E-state index contributed by atoms with van der Waals surface area (Å²) >= 11 is 0. The van der Waals surface area contributed by atoms with Crippen molar-refractivity contribution in [1.29, 1.82) is 0 Å². The summed E-state index contributed by atoms with van der Waals surface area (Å²) in [6.07, 6.45) is 4.60. The zero-order valence-electron chi connectivity index (χ0n) is 15.0. The van der Waals surface area contributed by atoms with Crippen LogP contribution in [-0.4, -0.2) is 21.4 Å². The largest absolute Gasteiger partial charge is 0.322 e. The summed E-state index contributed by atoms with van der Waals surface area (Å²) in [7, 11) is -2.51. The van der Waals surface area contributed by atoms with Crippen LogP contribution < -0.4 is 10.2 Å². The van der Waals surface area contributed by atoms with Crippen molar-refractivity contribution in [3.8, 4) is 0 Å². The van der Waals surface area contributed by atoms with E-state index in [0.717, 1.165) is 12.8 Å². The third-order valence-electron chi connectivity index (χ3n) is 3.90. The van der Waals surface area contributed by atoms with Gasteiger partial charge in [0.2, 0.25) is 0 Å². The van der Waals surface area contributed by atoms with Gasteiger partial charge < -0.3 is 5.32 Å². The van der Waals surface area contributed by atoms with Gasteiger partial charge in [-0.15, -0.1) is 0 Å². The second kappa shape index (κ2) is 9.47. The number of carbonyl (C=O) groups is 1. The highest BCUT2D eigenvalue weighted by Gasteiger charge is 2.14. The van der Waals surface area contributed by atoms with Crippen molar-refractivity contribution in [2.75, 3.05) is 12.4 Å². The van der Waals surface area contributed by atoms with Crippen LogP contribution in [0, 0.1) is 0 Å². The molecular weight excluding hydrogens is 352 g/mol. The van der Waals surface area contributed by atoms with Gasteiger partial charge in [0.25, 0.3) is 15.9 Å². The molecule has 0 aliphatic rings. The second-order valence-corrected chi connectivity index (χ2v) is 7.57. The van der Waals surface area contributed by atoms with Gasteiger partial charge in [-0.2, -0.15) is 0 Å². The van der Waals surface area contributed by atoms with E-state index in [9.17, 15) is 13.2 Å². The second-order valence-electron chi connectivity index (χ2n) is 5.92. The van der Waals surface area contributed by atoms with E-state index in [4.69, 9.17) is 0 Å². The zero-order valence-corrected chi connectivity index (χ0v) is 15.8. The number of nitrogens with one attached hydrogen (secondary N) is 2. The Balaban J connectivity index is 1.99. The lowest BCUT2D eigenvalue weighted by Crippen LogP contribution is -2.22. The van der Waals surface area contributed by atoms with E-state index in [-0.39, 0.29) is 10.8 Å². The highest BCUT2D eigenvalue weighted by atomic mass is 32.2. The molecule has 26 heavy (non-hydrogen) atoms. The van der Waals surface area contributed by atoms with E-state index in [1.165, 1.54) is 49.8 Å². The van der Waals surface area contributed by atoms with E-state index in [2.05, 4.69) is 17.1 Å². The van der Waals surface area contributed by atoms with Crippen molar-refractivity contribution >= 4 is 21.6 Å². The summed E-state index contributed by atoms with van der Waals surface area (Å²) in [6, 6.07) is 13.4. The lowest BCUT2D eigenvalue weighted by molar-refractivity contribution is 0.102. The molecule has 0 bridgehead atoms. The van der Waals surface area contributed by atoms with Gasteiger partial charge in [0.05, 0.1) is 12.0 Å². The number of hydrogen-bond donors (Lipinski definition) is 2. The number of unbranched alkanes of at least 4 members (excludes halogenated alkanes) is 2. The van der Waals surface area contributed by atoms with Crippen LogP contribution >= 0.6 is 0 Å². The van der Waals surface area contributed by atoms with Crippen LogP contribution in [0.1, 0.15) is 42.1 Å². The van der Waals surface area contributed by atoms with Crippen molar-refractivity contribution in [3.05, 3.63) is 59.7 Å². The monoisotopic (exact) mass is 376 g/mol. The minimum atomic E-state index is -3.73. The maximum atomic E-state index is 12.3. The zero-order chi connectivity index (χ0) is 19.0. The molecule has 0 fully saturated rings. The Labute approximate surface area is 154 Å². The van der Waals surface area contributed by atoms with Gasteiger partial charge >= 0.3 is 0 Å². The number of anilines is 1. The van der Waals surface area contributed by atoms with Crippen molar-refractivity contribution in [2.45, 2.75) is 37.5 Å². The van der Waals surface area contributed by atoms with Gasteiger partial charge in [-0.1, -0.05) is 36.8 Å². The SMILES string of the molecule is CCCCCc1ccc(NC(=O)c2ccc(S(=O)(=O)NOC)cc2)cc1. The van der Waals surface area contributed by atoms with Crippen molar-refractivity contribution in [1.82, 2.24) is 4.89 Å². The molecule has 0 unspecified atom stereocenters. The maximum Gasteiger partial charge on any atom is 0.262 e. The Morgan fingerprint density at radius 2 is 1.65 bits per heavy atom. The summed E-state index contributed by atoms with van der Waals surface area (Å²) < 4.78 is 23.6. The Hall–Kier alpha value is -2.22. The summed E-state index contributed by atoms with van der Waals surface area (Å²) in [5, 5.41) is 2.81. The number of benzene rings is 2. The van der Waals surface area contributed by atoms with E-state index in [0.29, 0.717) is 11.3 Å². The minimum absolute atomic E-state index is 0.0207. The first-order valence-corrected chi connectivity index (χ1v) is 9.99. The molecule has 7 heteroatoms. The molecule has 0 saturated heterocycles. The highest BCUT2D eigenvalue weighted by Crippen LogP contribution is 2.15. The van der Waals surface area contributed by atoms with Crippen LogP contribution in [-0.2, 0) is 21.3 Å². The quantitative estimate of drug-likeness (QED) is 0.518. The molecule has 2 rings (SSSR count). The molecule has 0 heterocycles. The highest BCUT2D eigenvalue weighted by molar-refractivity contribution is 7.89. The number of sulfonamides is 1. The van der Waals surface area contributed by atoms with Crippen LogP contribution in [0.4, 0.5) is 5.69 Å². The molecule has 140 valence electrons. The van der Waals surface area contributed by atoms with Gasteiger partial charge in [-0.25, -0.2) is 8.42 Å². The topological polar surface area (TPSA) is 84.5 Å². The van der Waals surface area contributed by atoms with Gasteiger partial charge in [0, 0.05) is 11.3 Å². The normalized spacial score (nSPS) is 11.3. The molecule has 2 aromatic rings. The summed E-state index contributed by atoms with van der Waals surface area (Å²) in [4.78, 5) is 18.7. The van der Waals surface area contributed by atoms with E-state index >= 15 is 0 Å². The lowest BCUT2D eigenvalue weighted by atomic mass is 10.1. The number of amides is 1. The van der Waals surface area contributed by atoms with Gasteiger partial charge in [-0.3, -0.25) is 9.63 Å². The fraction of sp³-hybridized carbons (Fsp3) is 0.316. The van der Waals surface area contributed by atoms with Crippen molar-refractivity contribution in [3.63, 3.8) is 0 Å². The number of hydrogen-bond acceptors (Lipinski definition) is 4. The first kappa shape index (κ1) is 20.1. The third kappa shape index (κ3) is 5.66. The molecule has 0 atom stereocenters. The Kier molecular flexibility index (Phi) is 7.32. The molecule has 0 saturated carbocycles. The molecule has 1 amide bonds. The Morgan fingerprint density at radius 1 is 1.00 bits per heavy atom. The van der Waals surface area contributed by atoms with Crippen molar-refractivity contribution < 1.29 is 18.0 Å². The van der Waals surface area contributed by atoms with Gasteiger partial charge in [0.15, 0.2) is 0 Å². The summed E-state index contributed by atoms with van der Waals surface area (Å²) in [5.41, 5.74) is 2.32. The van der Waals surface area contributed by atoms with Crippen LogP contribution in [0.3, 0.4) is 0 Å². The van der Waals surface area contributed by atoms with E-state index in [1.54, 1.807) is 0 Å². The first-order valence-electron chi connectivity index (χ1n) is 8.51. The molecule has 0 spiro atoms. The van der Waals surface area contributed by atoms with Crippen LogP contribution in [0.25, 0.3) is 0 Å². The molecule has 2 aromatic carbocycles.